The predicted octanol–water partition coefficient (Wildman–Crippen LogP) is 2.69. The average Bonchev–Trinajstić information content (AvgIpc) is 2.56. The maximum atomic E-state index is 12.0. The second kappa shape index (κ2) is 7.54. The van der Waals surface area contributed by atoms with Crippen LogP contribution in [0.15, 0.2) is 36.4 Å². The molecule has 0 atom stereocenters. The molecule has 0 bridgehead atoms. The van der Waals surface area contributed by atoms with Crippen molar-refractivity contribution in [2.45, 2.75) is 13.3 Å². The van der Waals surface area contributed by atoms with Crippen molar-refractivity contribution in [3.8, 4) is 17.2 Å². The third-order valence-electron chi connectivity index (χ3n) is 3.67. The summed E-state index contributed by atoms with van der Waals surface area (Å²) in [5.74, 6) is 1.04. The van der Waals surface area contributed by atoms with Crippen molar-refractivity contribution in [3.05, 3.63) is 53.1 Å². The van der Waals surface area contributed by atoms with Gasteiger partial charge in [0.05, 0.1) is 19.8 Å². The Morgan fingerprint density at radius 1 is 1.13 bits per heavy atom. The zero-order chi connectivity index (χ0) is 16.8. The van der Waals surface area contributed by atoms with Crippen LogP contribution in [0.25, 0.3) is 0 Å². The second-order valence-electron chi connectivity index (χ2n) is 5.16. The molecule has 0 saturated carbocycles. The summed E-state index contributed by atoms with van der Waals surface area (Å²) >= 11 is 0. The van der Waals surface area contributed by atoms with E-state index in [2.05, 4.69) is 5.32 Å². The van der Waals surface area contributed by atoms with Crippen LogP contribution in [-0.4, -0.2) is 31.8 Å². The molecule has 0 fully saturated rings. The topological polar surface area (TPSA) is 67.8 Å². The zero-order valence-corrected chi connectivity index (χ0v) is 13.6. The molecular formula is C18H21NO4. The quantitative estimate of drug-likeness (QED) is 0.860. The van der Waals surface area contributed by atoms with E-state index in [4.69, 9.17) is 9.47 Å². The van der Waals surface area contributed by atoms with Crippen LogP contribution in [0, 0.1) is 6.92 Å². The van der Waals surface area contributed by atoms with Crippen molar-refractivity contribution < 1.29 is 19.4 Å². The van der Waals surface area contributed by atoms with E-state index >= 15 is 0 Å². The number of ether oxygens (including phenoxy) is 2. The third-order valence-corrected chi connectivity index (χ3v) is 3.67. The van der Waals surface area contributed by atoms with E-state index in [9.17, 15) is 9.90 Å². The number of hydrogen-bond donors (Lipinski definition) is 2. The molecule has 0 heterocycles. The Morgan fingerprint density at radius 2 is 1.78 bits per heavy atom. The molecular weight excluding hydrogens is 294 g/mol. The Morgan fingerprint density at radius 3 is 2.43 bits per heavy atom. The van der Waals surface area contributed by atoms with Gasteiger partial charge in [0.25, 0.3) is 5.91 Å². The van der Waals surface area contributed by atoms with Gasteiger partial charge in [-0.05, 0) is 48.7 Å². The van der Waals surface area contributed by atoms with E-state index in [1.165, 1.54) is 6.07 Å². The smallest absolute Gasteiger partial charge is 0.255 e. The number of amides is 1. The number of carbonyl (C=O) groups is 1. The Bertz CT molecular complexity index is 697. The number of rotatable bonds is 6. The molecule has 2 rings (SSSR count). The lowest BCUT2D eigenvalue weighted by atomic mass is 10.0. The fraction of sp³-hybridized carbons (Fsp3) is 0.278. The van der Waals surface area contributed by atoms with Crippen molar-refractivity contribution >= 4 is 5.91 Å². The lowest BCUT2D eigenvalue weighted by Crippen LogP contribution is -2.25. The van der Waals surface area contributed by atoms with Crippen LogP contribution >= 0.6 is 0 Å². The largest absolute Gasteiger partial charge is 0.507 e. The number of aromatic hydroxyl groups is 1. The van der Waals surface area contributed by atoms with Gasteiger partial charge in [0.15, 0.2) is 11.5 Å². The molecule has 1 amide bonds. The number of carbonyl (C=O) groups excluding carboxylic acids is 1. The van der Waals surface area contributed by atoms with Crippen LogP contribution in [0.2, 0.25) is 0 Å². The summed E-state index contributed by atoms with van der Waals surface area (Å²) in [6.45, 7) is 2.45. The highest BCUT2D eigenvalue weighted by Crippen LogP contribution is 2.30. The van der Waals surface area contributed by atoms with Gasteiger partial charge >= 0.3 is 0 Å². The number of aryl methyl sites for hydroxylation is 1. The summed E-state index contributed by atoms with van der Waals surface area (Å²) in [5, 5.41) is 12.5. The summed E-state index contributed by atoms with van der Waals surface area (Å²) in [7, 11) is 3.19. The van der Waals surface area contributed by atoms with E-state index in [-0.39, 0.29) is 17.2 Å². The molecule has 0 aliphatic carbocycles. The monoisotopic (exact) mass is 315 g/mol. The van der Waals surface area contributed by atoms with Gasteiger partial charge in [-0.3, -0.25) is 4.79 Å². The van der Waals surface area contributed by atoms with Gasteiger partial charge in [0, 0.05) is 6.54 Å². The first-order valence-electron chi connectivity index (χ1n) is 7.34. The van der Waals surface area contributed by atoms with Crippen molar-refractivity contribution in [3.63, 3.8) is 0 Å². The van der Waals surface area contributed by atoms with Gasteiger partial charge in [-0.25, -0.2) is 0 Å². The lowest BCUT2D eigenvalue weighted by Gasteiger charge is -2.13. The molecule has 5 heteroatoms. The molecule has 0 spiro atoms. The molecule has 0 aliphatic rings. The molecule has 2 aromatic carbocycles. The normalized spacial score (nSPS) is 10.2. The minimum Gasteiger partial charge on any atom is -0.507 e. The molecule has 2 aromatic rings. The van der Waals surface area contributed by atoms with E-state index in [1.54, 1.807) is 32.4 Å². The Kier molecular flexibility index (Phi) is 5.46. The second-order valence-corrected chi connectivity index (χ2v) is 5.16. The van der Waals surface area contributed by atoms with Crippen molar-refractivity contribution in [2.24, 2.45) is 0 Å². The van der Waals surface area contributed by atoms with Gasteiger partial charge < -0.3 is 19.9 Å². The molecule has 0 radical (unpaired) electrons. The summed E-state index contributed by atoms with van der Waals surface area (Å²) in [6.07, 6.45) is 0.658. The van der Waals surface area contributed by atoms with Gasteiger partial charge in [0.2, 0.25) is 0 Å². The van der Waals surface area contributed by atoms with Crippen LogP contribution in [0.5, 0.6) is 17.2 Å². The molecule has 0 unspecified atom stereocenters. The predicted molar refractivity (Wildman–Crippen MR) is 88.4 cm³/mol. The minimum atomic E-state index is -0.291. The fourth-order valence-electron chi connectivity index (χ4n) is 2.36. The van der Waals surface area contributed by atoms with Crippen LogP contribution in [-0.2, 0) is 6.42 Å². The highest BCUT2D eigenvalue weighted by atomic mass is 16.5. The number of benzene rings is 2. The van der Waals surface area contributed by atoms with Gasteiger partial charge in [-0.1, -0.05) is 12.1 Å². The summed E-state index contributed by atoms with van der Waals surface area (Å²) in [4.78, 5) is 12.0. The highest BCUT2D eigenvalue weighted by molar-refractivity contribution is 5.96. The maximum Gasteiger partial charge on any atom is 0.255 e. The average molecular weight is 315 g/mol. The molecule has 0 saturated heterocycles. The molecule has 122 valence electrons. The molecule has 0 aromatic heterocycles. The molecule has 2 N–H and O–H groups in total. The lowest BCUT2D eigenvalue weighted by molar-refractivity contribution is 0.0951. The van der Waals surface area contributed by atoms with Crippen LogP contribution in [0.4, 0.5) is 0 Å². The Labute approximate surface area is 135 Å². The first-order valence-corrected chi connectivity index (χ1v) is 7.34. The van der Waals surface area contributed by atoms with Gasteiger partial charge in [-0.2, -0.15) is 0 Å². The Balaban J connectivity index is 2.01. The SMILES string of the molecule is COc1cc(C)c(CCNC(=O)c2ccccc2O)cc1OC. The van der Waals surface area contributed by atoms with Crippen molar-refractivity contribution in [2.75, 3.05) is 20.8 Å². The minimum absolute atomic E-state index is 0.0210. The number of methoxy groups -OCH3 is 2. The van der Waals surface area contributed by atoms with Crippen LogP contribution in [0.1, 0.15) is 21.5 Å². The van der Waals surface area contributed by atoms with E-state index in [0.717, 1.165) is 11.1 Å². The summed E-state index contributed by atoms with van der Waals surface area (Å²) in [5.41, 5.74) is 2.41. The van der Waals surface area contributed by atoms with Gasteiger partial charge in [-0.15, -0.1) is 0 Å². The Hall–Kier alpha value is -2.69. The summed E-state index contributed by atoms with van der Waals surface area (Å²) < 4.78 is 10.6. The number of para-hydroxylation sites is 1. The molecule has 23 heavy (non-hydrogen) atoms. The fourth-order valence-corrected chi connectivity index (χ4v) is 2.36. The van der Waals surface area contributed by atoms with Crippen LogP contribution < -0.4 is 14.8 Å². The number of phenols is 1. The highest BCUT2D eigenvalue weighted by Gasteiger charge is 2.11. The van der Waals surface area contributed by atoms with Crippen LogP contribution in [0.3, 0.4) is 0 Å². The van der Waals surface area contributed by atoms with E-state index < -0.39 is 0 Å². The van der Waals surface area contributed by atoms with Crippen molar-refractivity contribution in [1.82, 2.24) is 5.32 Å². The van der Waals surface area contributed by atoms with Gasteiger partial charge in [0.1, 0.15) is 5.75 Å². The maximum absolute atomic E-state index is 12.0. The molecule has 0 aliphatic heterocycles. The summed E-state index contributed by atoms with van der Waals surface area (Å²) in [6, 6.07) is 10.3. The van der Waals surface area contributed by atoms with E-state index in [0.29, 0.717) is 24.5 Å². The molecule has 5 nitrogen and oxygen atoms in total. The third kappa shape index (κ3) is 3.94. The number of nitrogens with one attached hydrogen (secondary N) is 1. The van der Waals surface area contributed by atoms with E-state index in [1.807, 2.05) is 19.1 Å². The first kappa shape index (κ1) is 16.7. The zero-order valence-electron chi connectivity index (χ0n) is 13.6. The van der Waals surface area contributed by atoms with Crippen molar-refractivity contribution in [1.29, 1.82) is 0 Å². The standard InChI is InChI=1S/C18H21NO4/c1-12-10-16(22-2)17(23-3)11-13(12)8-9-19-18(21)14-6-4-5-7-15(14)20/h4-7,10-11,20H,8-9H2,1-3H3,(H,19,21). The number of hydrogen-bond acceptors (Lipinski definition) is 4. The first-order chi connectivity index (χ1) is 11.1. The number of phenolic OH excluding ortho intramolecular Hbond substituents is 1.